The Morgan fingerprint density at radius 3 is 1.77 bits per heavy atom. The Balaban J connectivity index is 1.30. The van der Waals surface area contributed by atoms with E-state index in [1.807, 2.05) is 4.90 Å². The molecule has 0 atom stereocenters. The van der Waals surface area contributed by atoms with Crippen LogP contribution in [0.2, 0.25) is 0 Å². The lowest BCUT2D eigenvalue weighted by atomic mass is 9.76. The molecule has 2 aliphatic heterocycles. The van der Waals surface area contributed by atoms with Gasteiger partial charge in [-0.2, -0.15) is 0 Å². The van der Waals surface area contributed by atoms with E-state index in [4.69, 9.17) is 18.9 Å². The molecule has 0 bridgehead atoms. The van der Waals surface area contributed by atoms with Crippen LogP contribution in [0.1, 0.15) is 27.2 Å². The molecule has 0 unspecified atom stereocenters. The number of rotatable bonds is 15. The third-order valence-corrected chi connectivity index (χ3v) is 5.40. The van der Waals surface area contributed by atoms with E-state index in [0.717, 1.165) is 18.0 Å². The van der Waals surface area contributed by atoms with Crippen molar-refractivity contribution in [2.75, 3.05) is 72.5 Å². The zero-order valence-corrected chi connectivity index (χ0v) is 19.0. The Kier molecular flexibility index (Phi) is 10.6. The summed E-state index contributed by atoms with van der Waals surface area (Å²) in [7, 11) is 0. The molecule has 0 aromatic heterocycles. The molecule has 0 aromatic rings. The Morgan fingerprint density at radius 1 is 0.839 bits per heavy atom. The molecule has 0 N–H and O–H groups in total. The van der Waals surface area contributed by atoms with Gasteiger partial charge in [0.1, 0.15) is 0 Å². The first-order valence-corrected chi connectivity index (χ1v) is 10.9. The lowest BCUT2D eigenvalue weighted by Gasteiger charge is -2.46. The number of hydrogen-bond acceptors (Lipinski definition) is 7. The van der Waals surface area contributed by atoms with Crippen molar-refractivity contribution in [2.24, 2.45) is 11.3 Å². The van der Waals surface area contributed by atoms with Crippen LogP contribution >= 0.6 is 0 Å². The summed E-state index contributed by atoms with van der Waals surface area (Å²) in [5, 5.41) is 0. The van der Waals surface area contributed by atoms with Crippen molar-refractivity contribution in [3.8, 4) is 0 Å². The van der Waals surface area contributed by atoms with Crippen LogP contribution in [-0.2, 0) is 33.3 Å². The Bertz CT molecular complexity index is 606. The Hall–Kier alpha value is -1.81. The Morgan fingerprint density at radius 2 is 1.29 bits per heavy atom. The van der Waals surface area contributed by atoms with E-state index < -0.39 is 0 Å². The van der Waals surface area contributed by atoms with Crippen molar-refractivity contribution in [3.63, 3.8) is 0 Å². The predicted octanol–water partition coefficient (Wildman–Crippen LogP) is 0.872. The molecule has 1 fully saturated rings. The summed E-state index contributed by atoms with van der Waals surface area (Å²) in [6.07, 6.45) is 2.92. The van der Waals surface area contributed by atoms with Crippen LogP contribution in [0.25, 0.3) is 0 Å². The zero-order valence-electron chi connectivity index (χ0n) is 19.0. The van der Waals surface area contributed by atoms with E-state index in [-0.39, 0.29) is 36.3 Å². The van der Waals surface area contributed by atoms with Gasteiger partial charge in [0.05, 0.1) is 65.8 Å². The minimum Gasteiger partial charge on any atom is -0.379 e. The van der Waals surface area contributed by atoms with E-state index in [1.54, 1.807) is 0 Å². The zero-order chi connectivity index (χ0) is 22.7. The number of carbonyl (C=O) groups is 3. The van der Waals surface area contributed by atoms with Gasteiger partial charge in [-0.3, -0.25) is 19.3 Å². The summed E-state index contributed by atoms with van der Waals surface area (Å²) >= 11 is 0. The lowest BCUT2D eigenvalue weighted by Crippen LogP contribution is -2.54. The normalized spacial score (nSPS) is 17.0. The van der Waals surface area contributed by atoms with Gasteiger partial charge in [-0.25, -0.2) is 0 Å². The quantitative estimate of drug-likeness (QED) is 0.275. The van der Waals surface area contributed by atoms with E-state index in [2.05, 4.69) is 20.8 Å². The molecule has 0 aromatic carbocycles. The van der Waals surface area contributed by atoms with Crippen molar-refractivity contribution in [2.45, 2.75) is 27.2 Å². The molecule has 0 saturated carbocycles. The van der Waals surface area contributed by atoms with E-state index in [0.29, 0.717) is 58.6 Å². The van der Waals surface area contributed by atoms with Gasteiger partial charge in [0, 0.05) is 25.2 Å². The number of nitrogens with zero attached hydrogens (tertiary/aromatic N) is 2. The van der Waals surface area contributed by atoms with E-state index in [9.17, 15) is 14.4 Å². The SMILES string of the molecule is CC(C)(C)C1CN(C(=O)CCOCCOCCOCCOCCN2C(=O)C=CC2=O)C1. The summed E-state index contributed by atoms with van der Waals surface area (Å²) in [5.74, 6) is 0.140. The third kappa shape index (κ3) is 9.06. The van der Waals surface area contributed by atoms with Crippen LogP contribution in [-0.4, -0.2) is 100 Å². The predicted molar refractivity (Wildman–Crippen MR) is 113 cm³/mol. The minimum absolute atomic E-state index is 0.160. The summed E-state index contributed by atoms with van der Waals surface area (Å²) in [5.41, 5.74) is 0.260. The van der Waals surface area contributed by atoms with Crippen LogP contribution in [0.4, 0.5) is 0 Å². The van der Waals surface area contributed by atoms with Crippen molar-refractivity contribution >= 4 is 17.7 Å². The van der Waals surface area contributed by atoms with Crippen molar-refractivity contribution in [1.29, 1.82) is 0 Å². The monoisotopic (exact) mass is 440 g/mol. The first kappa shape index (κ1) is 25.5. The second kappa shape index (κ2) is 12.9. The van der Waals surface area contributed by atoms with Crippen LogP contribution in [0.5, 0.6) is 0 Å². The topological polar surface area (TPSA) is 94.6 Å². The molecule has 2 heterocycles. The van der Waals surface area contributed by atoms with E-state index in [1.165, 1.54) is 12.2 Å². The van der Waals surface area contributed by atoms with Gasteiger partial charge in [-0.1, -0.05) is 20.8 Å². The van der Waals surface area contributed by atoms with Crippen molar-refractivity contribution in [1.82, 2.24) is 9.80 Å². The first-order chi connectivity index (χ1) is 14.8. The van der Waals surface area contributed by atoms with Crippen LogP contribution in [0.3, 0.4) is 0 Å². The lowest BCUT2D eigenvalue weighted by molar-refractivity contribution is -0.141. The van der Waals surface area contributed by atoms with Crippen molar-refractivity contribution in [3.05, 3.63) is 12.2 Å². The number of hydrogen-bond donors (Lipinski definition) is 0. The maximum atomic E-state index is 12.0. The smallest absolute Gasteiger partial charge is 0.253 e. The van der Waals surface area contributed by atoms with Gasteiger partial charge in [-0.05, 0) is 11.3 Å². The maximum Gasteiger partial charge on any atom is 0.253 e. The van der Waals surface area contributed by atoms with Crippen LogP contribution < -0.4 is 0 Å². The average Bonchev–Trinajstić information content (AvgIpc) is 2.97. The van der Waals surface area contributed by atoms with Gasteiger partial charge < -0.3 is 23.8 Å². The molecular formula is C22H36N2O7. The average molecular weight is 441 g/mol. The number of likely N-dealkylation sites (tertiary alicyclic amines) is 1. The second-order valence-electron chi connectivity index (χ2n) is 8.72. The molecular weight excluding hydrogens is 404 g/mol. The van der Waals surface area contributed by atoms with Gasteiger partial charge in [0.15, 0.2) is 0 Å². The third-order valence-electron chi connectivity index (χ3n) is 5.40. The molecule has 2 aliphatic rings. The highest BCUT2D eigenvalue weighted by molar-refractivity contribution is 6.12. The number of amides is 3. The maximum absolute atomic E-state index is 12.0. The van der Waals surface area contributed by atoms with Gasteiger partial charge in [0.25, 0.3) is 11.8 Å². The summed E-state index contributed by atoms with van der Waals surface area (Å²) in [4.78, 5) is 37.8. The fourth-order valence-electron chi connectivity index (χ4n) is 3.12. The highest BCUT2D eigenvalue weighted by Crippen LogP contribution is 2.33. The molecule has 176 valence electrons. The van der Waals surface area contributed by atoms with Gasteiger partial charge in [0.2, 0.25) is 5.91 Å². The molecule has 0 spiro atoms. The van der Waals surface area contributed by atoms with Crippen LogP contribution in [0.15, 0.2) is 12.2 Å². The number of carbonyl (C=O) groups excluding carboxylic acids is 3. The molecule has 31 heavy (non-hydrogen) atoms. The van der Waals surface area contributed by atoms with Gasteiger partial charge >= 0.3 is 0 Å². The number of imide groups is 1. The highest BCUT2D eigenvalue weighted by Gasteiger charge is 2.37. The number of ether oxygens (including phenoxy) is 4. The first-order valence-electron chi connectivity index (χ1n) is 10.9. The molecule has 9 nitrogen and oxygen atoms in total. The van der Waals surface area contributed by atoms with Crippen molar-refractivity contribution < 1.29 is 33.3 Å². The molecule has 3 amide bonds. The summed E-state index contributed by atoms with van der Waals surface area (Å²) in [6.45, 7) is 11.9. The van der Waals surface area contributed by atoms with Crippen LogP contribution in [0, 0.1) is 11.3 Å². The minimum atomic E-state index is -0.303. The second-order valence-corrected chi connectivity index (χ2v) is 8.72. The standard InChI is InChI=1S/C22H36N2O7/c1-22(2,3)18-16-23(17-18)19(25)6-8-28-10-12-30-14-15-31-13-11-29-9-7-24-20(26)4-5-21(24)27/h4-5,18H,6-17H2,1-3H3. The fraction of sp³-hybridized carbons (Fsp3) is 0.773. The summed E-state index contributed by atoms with van der Waals surface area (Å²) in [6, 6.07) is 0. The highest BCUT2D eigenvalue weighted by atomic mass is 16.6. The largest absolute Gasteiger partial charge is 0.379 e. The fourth-order valence-corrected chi connectivity index (χ4v) is 3.12. The molecule has 2 rings (SSSR count). The molecule has 0 radical (unpaired) electrons. The molecule has 0 aliphatic carbocycles. The van der Waals surface area contributed by atoms with Gasteiger partial charge in [-0.15, -0.1) is 0 Å². The molecule has 9 heteroatoms. The summed E-state index contributed by atoms with van der Waals surface area (Å²) < 4.78 is 21.6. The van der Waals surface area contributed by atoms with E-state index >= 15 is 0 Å². The molecule has 1 saturated heterocycles. The Labute approximate surface area is 184 Å².